The molecule has 0 bridgehead atoms. The van der Waals surface area contributed by atoms with E-state index >= 15 is 0 Å². The van der Waals surface area contributed by atoms with Crippen LogP contribution in [0.15, 0.2) is 18.3 Å². The van der Waals surface area contributed by atoms with Gasteiger partial charge in [0.2, 0.25) is 0 Å². The zero-order chi connectivity index (χ0) is 8.10. The summed E-state index contributed by atoms with van der Waals surface area (Å²) in [5, 5.41) is 11.3. The Hall–Kier alpha value is -1.56. The maximum atomic E-state index is 8.35. The van der Waals surface area contributed by atoms with Crippen molar-refractivity contribution in [2.45, 2.75) is 6.42 Å². The molecule has 1 aromatic rings. The summed E-state index contributed by atoms with van der Waals surface area (Å²) >= 11 is 0. The fraction of sp³-hybridized carbons (Fsp3) is 0.250. The summed E-state index contributed by atoms with van der Waals surface area (Å²) in [5.41, 5.74) is 0.950. The predicted molar refractivity (Wildman–Crippen MR) is 43.1 cm³/mol. The lowest BCUT2D eigenvalue weighted by Crippen LogP contribution is -1.92. The summed E-state index contributed by atoms with van der Waals surface area (Å²) in [6, 6.07) is 5.81. The van der Waals surface area contributed by atoms with Gasteiger partial charge in [0, 0.05) is 13.2 Å². The largest absolute Gasteiger partial charge is 0.373 e. The Morgan fingerprint density at radius 2 is 2.45 bits per heavy atom. The monoisotopic (exact) mass is 147 g/mol. The zero-order valence-electron chi connectivity index (χ0n) is 6.33. The third-order valence-corrected chi connectivity index (χ3v) is 1.36. The van der Waals surface area contributed by atoms with Crippen LogP contribution in [-0.4, -0.2) is 12.0 Å². The molecule has 1 N–H and O–H groups in total. The highest BCUT2D eigenvalue weighted by atomic mass is 14.9. The number of hydrogen-bond acceptors (Lipinski definition) is 3. The summed E-state index contributed by atoms with van der Waals surface area (Å²) in [6.45, 7) is 0. The number of nitriles is 1. The molecule has 0 amide bonds. The summed E-state index contributed by atoms with van der Waals surface area (Å²) in [4.78, 5) is 4.05. The molecule has 0 radical (unpaired) electrons. The second kappa shape index (κ2) is 3.57. The minimum Gasteiger partial charge on any atom is -0.373 e. The first kappa shape index (κ1) is 7.55. The van der Waals surface area contributed by atoms with Crippen LogP contribution in [0.5, 0.6) is 0 Å². The normalized spacial score (nSPS) is 8.73. The van der Waals surface area contributed by atoms with Crippen LogP contribution in [-0.2, 0) is 6.42 Å². The van der Waals surface area contributed by atoms with Crippen molar-refractivity contribution in [3.05, 3.63) is 23.9 Å². The number of hydrogen-bond donors (Lipinski definition) is 1. The van der Waals surface area contributed by atoms with Gasteiger partial charge in [-0.15, -0.1) is 0 Å². The van der Waals surface area contributed by atoms with E-state index in [-0.39, 0.29) is 0 Å². The van der Waals surface area contributed by atoms with Crippen molar-refractivity contribution in [2.24, 2.45) is 0 Å². The lowest BCUT2D eigenvalue weighted by Gasteiger charge is -1.97. The SMILES string of the molecule is CNc1ccc(CC#N)cn1. The van der Waals surface area contributed by atoms with Gasteiger partial charge in [0.25, 0.3) is 0 Å². The molecule has 0 saturated carbocycles. The molecule has 0 unspecified atom stereocenters. The van der Waals surface area contributed by atoms with Crippen LogP contribution in [0, 0.1) is 11.3 Å². The van der Waals surface area contributed by atoms with E-state index in [1.807, 2.05) is 19.2 Å². The first-order valence-electron chi connectivity index (χ1n) is 3.36. The van der Waals surface area contributed by atoms with Gasteiger partial charge < -0.3 is 5.32 Å². The van der Waals surface area contributed by atoms with Crippen molar-refractivity contribution in [2.75, 3.05) is 12.4 Å². The van der Waals surface area contributed by atoms with Crippen LogP contribution < -0.4 is 5.32 Å². The van der Waals surface area contributed by atoms with Gasteiger partial charge >= 0.3 is 0 Å². The van der Waals surface area contributed by atoms with E-state index in [4.69, 9.17) is 5.26 Å². The second-order valence-corrected chi connectivity index (χ2v) is 2.14. The molecule has 1 rings (SSSR count). The Bertz CT molecular complexity index is 258. The van der Waals surface area contributed by atoms with Crippen molar-refractivity contribution in [1.29, 1.82) is 5.26 Å². The number of rotatable bonds is 2. The van der Waals surface area contributed by atoms with E-state index in [9.17, 15) is 0 Å². The molecule has 0 atom stereocenters. The summed E-state index contributed by atoms with van der Waals surface area (Å²) in [7, 11) is 1.81. The zero-order valence-corrected chi connectivity index (χ0v) is 6.33. The first-order chi connectivity index (χ1) is 5.36. The molecule has 1 heterocycles. The maximum Gasteiger partial charge on any atom is 0.125 e. The van der Waals surface area contributed by atoms with Gasteiger partial charge in [0.1, 0.15) is 5.82 Å². The molecular formula is C8H9N3. The van der Waals surface area contributed by atoms with E-state index in [1.165, 1.54) is 0 Å². The Balaban J connectivity index is 2.76. The highest BCUT2D eigenvalue weighted by Gasteiger charge is 1.91. The number of aromatic nitrogens is 1. The highest BCUT2D eigenvalue weighted by molar-refractivity contribution is 5.34. The van der Waals surface area contributed by atoms with Crippen LogP contribution in [0.4, 0.5) is 5.82 Å². The van der Waals surface area contributed by atoms with Gasteiger partial charge in [0.05, 0.1) is 12.5 Å². The smallest absolute Gasteiger partial charge is 0.125 e. The fourth-order valence-electron chi connectivity index (χ4n) is 0.768. The Labute approximate surface area is 65.7 Å². The van der Waals surface area contributed by atoms with Crippen LogP contribution in [0.1, 0.15) is 5.56 Å². The fourth-order valence-corrected chi connectivity index (χ4v) is 0.768. The third-order valence-electron chi connectivity index (χ3n) is 1.36. The van der Waals surface area contributed by atoms with Crippen molar-refractivity contribution in [1.82, 2.24) is 4.98 Å². The van der Waals surface area contributed by atoms with Gasteiger partial charge in [-0.05, 0) is 11.6 Å². The predicted octanol–water partition coefficient (Wildman–Crippen LogP) is 1.19. The number of pyridine rings is 1. The maximum absolute atomic E-state index is 8.35. The van der Waals surface area contributed by atoms with E-state index < -0.39 is 0 Å². The van der Waals surface area contributed by atoms with Gasteiger partial charge in [-0.1, -0.05) is 6.07 Å². The standard InChI is InChI=1S/C8H9N3/c1-10-8-3-2-7(4-5-9)6-11-8/h2-3,6H,4H2,1H3,(H,10,11). The van der Waals surface area contributed by atoms with Gasteiger partial charge in [0.15, 0.2) is 0 Å². The molecule has 0 fully saturated rings. The topological polar surface area (TPSA) is 48.7 Å². The van der Waals surface area contributed by atoms with Gasteiger partial charge in [-0.2, -0.15) is 5.26 Å². The molecule has 3 heteroatoms. The number of nitrogens with zero attached hydrogens (tertiary/aromatic N) is 2. The number of anilines is 1. The summed E-state index contributed by atoms with van der Waals surface area (Å²) in [5.74, 6) is 0.826. The van der Waals surface area contributed by atoms with Crippen LogP contribution in [0.2, 0.25) is 0 Å². The van der Waals surface area contributed by atoms with Crippen molar-refractivity contribution >= 4 is 5.82 Å². The molecule has 0 aliphatic carbocycles. The van der Waals surface area contributed by atoms with Crippen LogP contribution in [0.3, 0.4) is 0 Å². The average molecular weight is 147 g/mol. The Kier molecular flexibility index (Phi) is 2.45. The van der Waals surface area contributed by atoms with E-state index in [1.54, 1.807) is 6.20 Å². The quantitative estimate of drug-likeness (QED) is 0.683. The first-order valence-corrected chi connectivity index (χ1v) is 3.36. The van der Waals surface area contributed by atoms with Gasteiger partial charge in [-0.25, -0.2) is 4.98 Å². The second-order valence-electron chi connectivity index (χ2n) is 2.14. The van der Waals surface area contributed by atoms with E-state index in [2.05, 4.69) is 16.4 Å². The van der Waals surface area contributed by atoms with Crippen LogP contribution >= 0.6 is 0 Å². The molecule has 0 aliphatic rings. The van der Waals surface area contributed by atoms with Gasteiger partial charge in [-0.3, -0.25) is 0 Å². The molecule has 0 aromatic carbocycles. The van der Waals surface area contributed by atoms with Crippen molar-refractivity contribution in [3.63, 3.8) is 0 Å². The summed E-state index contributed by atoms with van der Waals surface area (Å²) < 4.78 is 0. The summed E-state index contributed by atoms with van der Waals surface area (Å²) in [6.07, 6.45) is 2.13. The molecule has 11 heavy (non-hydrogen) atoms. The minimum absolute atomic E-state index is 0.428. The molecule has 0 spiro atoms. The molecule has 56 valence electrons. The lowest BCUT2D eigenvalue weighted by atomic mass is 10.2. The van der Waals surface area contributed by atoms with Crippen molar-refractivity contribution < 1.29 is 0 Å². The Morgan fingerprint density at radius 1 is 1.64 bits per heavy atom. The molecule has 1 aromatic heterocycles. The molecular weight excluding hydrogens is 138 g/mol. The Morgan fingerprint density at radius 3 is 2.91 bits per heavy atom. The number of nitrogens with one attached hydrogen (secondary N) is 1. The minimum atomic E-state index is 0.428. The van der Waals surface area contributed by atoms with E-state index in [0.29, 0.717) is 6.42 Å². The third kappa shape index (κ3) is 1.94. The molecule has 0 aliphatic heterocycles. The average Bonchev–Trinajstić information content (AvgIpc) is 2.07. The molecule has 3 nitrogen and oxygen atoms in total. The highest BCUT2D eigenvalue weighted by Crippen LogP contribution is 2.03. The van der Waals surface area contributed by atoms with Crippen molar-refractivity contribution in [3.8, 4) is 6.07 Å². The van der Waals surface area contributed by atoms with Crippen LogP contribution in [0.25, 0.3) is 0 Å². The lowest BCUT2D eigenvalue weighted by molar-refractivity contribution is 1.18. The molecule has 0 saturated heterocycles. The van der Waals surface area contributed by atoms with E-state index in [0.717, 1.165) is 11.4 Å².